The van der Waals surface area contributed by atoms with Crippen LogP contribution in [0.5, 0.6) is 0 Å². The maximum atomic E-state index is 10.9. The zero-order valence-corrected chi connectivity index (χ0v) is 8.01. The summed E-state index contributed by atoms with van der Waals surface area (Å²) in [5.41, 5.74) is 0. The normalized spacial score (nSPS) is 57.3. The molecule has 0 aromatic heterocycles. The number of hydrogen-bond acceptors (Lipinski definition) is 4. The maximum Gasteiger partial charge on any atom is 0.312 e. The van der Waals surface area contributed by atoms with Crippen LogP contribution in [0.3, 0.4) is 0 Å². The van der Waals surface area contributed by atoms with E-state index in [4.69, 9.17) is 19.6 Å². The van der Waals surface area contributed by atoms with Crippen LogP contribution < -0.4 is 0 Å². The van der Waals surface area contributed by atoms with Crippen molar-refractivity contribution in [3.05, 3.63) is 0 Å². The summed E-state index contributed by atoms with van der Waals surface area (Å²) in [7, 11) is 0. The van der Waals surface area contributed by atoms with Crippen LogP contribution >= 0.6 is 15.9 Å². The molecule has 72 valence electrons. The second kappa shape index (κ2) is 2.44. The molecule has 0 aromatic carbocycles. The van der Waals surface area contributed by atoms with Crippen LogP contribution in [0.25, 0.3) is 0 Å². The van der Waals surface area contributed by atoms with Gasteiger partial charge in [-0.1, -0.05) is 15.9 Å². The summed E-state index contributed by atoms with van der Waals surface area (Å²) in [4.78, 5) is 20.7. The zero-order valence-electron chi connectivity index (χ0n) is 6.42. The maximum absolute atomic E-state index is 10.9. The predicted molar refractivity (Wildman–Crippen MR) is 42.2 cm³/mol. The summed E-state index contributed by atoms with van der Waals surface area (Å²) in [6, 6.07) is 0. The number of carboxylic acid groups (broad SMARTS) is 1. The molecule has 0 amide bonds. The SMILES string of the molecule is O=C(O)[C@@H]1[C@H]2O[C@H]3[C@H](OO[C@@H]31)[C@@H]2Br. The fourth-order valence-corrected chi connectivity index (χ4v) is 3.11. The van der Waals surface area contributed by atoms with Gasteiger partial charge in [0.1, 0.15) is 24.2 Å². The van der Waals surface area contributed by atoms with Crippen molar-refractivity contribution in [2.24, 2.45) is 5.92 Å². The Morgan fingerprint density at radius 3 is 2.54 bits per heavy atom. The third-order valence-electron chi connectivity index (χ3n) is 2.86. The van der Waals surface area contributed by atoms with Gasteiger partial charge in [0.25, 0.3) is 0 Å². The highest BCUT2D eigenvalue weighted by atomic mass is 79.9. The second-order valence-corrected chi connectivity index (χ2v) is 4.55. The summed E-state index contributed by atoms with van der Waals surface area (Å²) < 4.78 is 5.47. The Hall–Kier alpha value is -0.170. The van der Waals surface area contributed by atoms with E-state index in [-0.39, 0.29) is 23.1 Å². The Bertz CT molecular complexity index is 270. The average Bonchev–Trinajstić information content (AvgIpc) is 2.61. The first kappa shape index (κ1) is 8.16. The van der Waals surface area contributed by atoms with E-state index in [2.05, 4.69) is 15.9 Å². The highest BCUT2D eigenvalue weighted by Crippen LogP contribution is 2.49. The van der Waals surface area contributed by atoms with E-state index in [1.807, 2.05) is 0 Å². The molecule has 3 heterocycles. The summed E-state index contributed by atoms with van der Waals surface area (Å²) in [5, 5.41) is 8.94. The smallest absolute Gasteiger partial charge is 0.312 e. The molecule has 0 aromatic rings. The van der Waals surface area contributed by atoms with E-state index in [1.54, 1.807) is 0 Å². The molecule has 0 spiro atoms. The lowest BCUT2D eigenvalue weighted by molar-refractivity contribution is -0.294. The van der Waals surface area contributed by atoms with Crippen LogP contribution in [-0.2, 0) is 19.3 Å². The first-order valence-electron chi connectivity index (χ1n) is 4.04. The molecule has 6 heteroatoms. The number of halogens is 1. The van der Waals surface area contributed by atoms with Crippen LogP contribution in [-0.4, -0.2) is 40.3 Å². The van der Waals surface area contributed by atoms with Gasteiger partial charge in [-0.3, -0.25) is 4.79 Å². The number of aliphatic carboxylic acids is 1. The van der Waals surface area contributed by atoms with Crippen molar-refractivity contribution in [1.82, 2.24) is 0 Å². The van der Waals surface area contributed by atoms with E-state index in [0.29, 0.717) is 0 Å². The van der Waals surface area contributed by atoms with E-state index in [0.717, 1.165) is 0 Å². The van der Waals surface area contributed by atoms with Crippen molar-refractivity contribution >= 4 is 21.9 Å². The quantitative estimate of drug-likeness (QED) is 0.522. The van der Waals surface area contributed by atoms with Gasteiger partial charge < -0.3 is 9.84 Å². The lowest BCUT2D eigenvalue weighted by Gasteiger charge is -2.20. The second-order valence-electron chi connectivity index (χ2n) is 3.50. The van der Waals surface area contributed by atoms with Gasteiger partial charge in [0, 0.05) is 0 Å². The minimum atomic E-state index is -0.883. The van der Waals surface area contributed by atoms with Crippen LogP contribution in [0.2, 0.25) is 0 Å². The van der Waals surface area contributed by atoms with E-state index >= 15 is 0 Å². The summed E-state index contributed by atoms with van der Waals surface area (Å²) in [6.45, 7) is 0. The number of carbonyl (C=O) groups is 1. The minimum Gasteiger partial charge on any atom is -0.481 e. The molecule has 3 saturated heterocycles. The Balaban J connectivity index is 1.98. The molecule has 3 rings (SSSR count). The third kappa shape index (κ3) is 0.843. The molecule has 6 atom stereocenters. The Morgan fingerprint density at radius 2 is 1.85 bits per heavy atom. The molecular formula is C7H7BrO5. The molecule has 0 unspecified atom stereocenters. The number of carboxylic acids is 1. The Labute approximate surface area is 82.0 Å². The standard InChI is InChI=1S/C7H7BrO5/c8-2-3-1(7(9)10)4-6(11-3)5(2)13-12-4/h1-6H,(H,9,10)/t1-,2-,3-,4-,5-,6-/m1/s1. The van der Waals surface area contributed by atoms with Gasteiger partial charge in [-0.05, 0) is 0 Å². The predicted octanol–water partition coefficient (Wildman–Crippen LogP) is -0.0693. The third-order valence-corrected chi connectivity index (χ3v) is 3.90. The molecule has 1 N–H and O–H groups in total. The minimum absolute atomic E-state index is 0.0719. The molecule has 2 bridgehead atoms. The Kier molecular flexibility index (Phi) is 1.53. The van der Waals surface area contributed by atoms with Gasteiger partial charge >= 0.3 is 5.97 Å². The number of alkyl halides is 1. The van der Waals surface area contributed by atoms with Gasteiger partial charge in [-0.15, -0.1) is 0 Å². The first-order chi connectivity index (χ1) is 6.20. The van der Waals surface area contributed by atoms with Crippen molar-refractivity contribution in [2.75, 3.05) is 0 Å². The molecule has 5 nitrogen and oxygen atoms in total. The average molecular weight is 251 g/mol. The van der Waals surface area contributed by atoms with E-state index in [9.17, 15) is 4.79 Å². The largest absolute Gasteiger partial charge is 0.481 e. The van der Waals surface area contributed by atoms with Crippen molar-refractivity contribution in [1.29, 1.82) is 0 Å². The molecular weight excluding hydrogens is 244 g/mol. The van der Waals surface area contributed by atoms with Crippen LogP contribution in [0.1, 0.15) is 0 Å². The zero-order chi connectivity index (χ0) is 9.16. The molecule has 13 heavy (non-hydrogen) atoms. The summed E-state index contributed by atoms with van der Waals surface area (Å²) in [5.74, 6) is -1.49. The highest BCUT2D eigenvalue weighted by Gasteiger charge is 2.67. The van der Waals surface area contributed by atoms with Crippen molar-refractivity contribution in [3.8, 4) is 0 Å². The molecule has 0 radical (unpaired) electrons. The Morgan fingerprint density at radius 1 is 1.15 bits per heavy atom. The monoisotopic (exact) mass is 250 g/mol. The summed E-state index contributed by atoms with van der Waals surface area (Å²) >= 11 is 3.36. The van der Waals surface area contributed by atoms with Gasteiger partial charge in [-0.2, -0.15) is 0 Å². The van der Waals surface area contributed by atoms with Gasteiger partial charge in [0.05, 0.1) is 10.9 Å². The molecule has 0 aliphatic carbocycles. The fraction of sp³-hybridized carbons (Fsp3) is 0.857. The lowest BCUT2D eigenvalue weighted by atomic mass is 9.85. The van der Waals surface area contributed by atoms with Gasteiger partial charge in [-0.25, -0.2) is 9.78 Å². The number of hydrogen-bond donors (Lipinski definition) is 1. The molecule has 3 aliphatic rings. The van der Waals surface area contributed by atoms with Gasteiger partial charge in [0.2, 0.25) is 0 Å². The molecule has 3 aliphatic heterocycles. The van der Waals surface area contributed by atoms with Gasteiger partial charge in [0.15, 0.2) is 0 Å². The fourth-order valence-electron chi connectivity index (χ4n) is 2.27. The highest BCUT2D eigenvalue weighted by molar-refractivity contribution is 9.09. The molecule has 0 saturated carbocycles. The van der Waals surface area contributed by atoms with Crippen LogP contribution in [0, 0.1) is 5.92 Å². The van der Waals surface area contributed by atoms with Crippen molar-refractivity contribution in [2.45, 2.75) is 29.2 Å². The first-order valence-corrected chi connectivity index (χ1v) is 4.96. The lowest BCUT2D eigenvalue weighted by Crippen LogP contribution is -2.44. The van der Waals surface area contributed by atoms with Crippen LogP contribution in [0.15, 0.2) is 0 Å². The van der Waals surface area contributed by atoms with E-state index < -0.39 is 18.0 Å². The topological polar surface area (TPSA) is 65.0 Å². The number of ether oxygens (including phenoxy) is 1. The van der Waals surface area contributed by atoms with Crippen LogP contribution in [0.4, 0.5) is 0 Å². The number of fused-ring (bicyclic) bond motifs is 1. The van der Waals surface area contributed by atoms with Crippen molar-refractivity contribution < 1.29 is 24.4 Å². The summed E-state index contributed by atoms with van der Waals surface area (Å²) in [6.07, 6.45) is -1.11. The van der Waals surface area contributed by atoms with E-state index in [1.165, 1.54) is 0 Å². The van der Waals surface area contributed by atoms with Crippen molar-refractivity contribution in [3.63, 3.8) is 0 Å². The number of rotatable bonds is 1. The molecule has 3 fully saturated rings.